The topological polar surface area (TPSA) is 37.4 Å². The molecule has 0 aromatic rings. The molecule has 0 N–H and O–H groups in total. The molecule has 0 aromatic carbocycles. The summed E-state index contributed by atoms with van der Waals surface area (Å²) in [6, 6.07) is 0. The molecule has 0 spiro atoms. The van der Waals surface area contributed by atoms with Crippen LogP contribution in [0.25, 0.3) is 0 Å². The molecule has 15 heavy (non-hydrogen) atoms. The van der Waals surface area contributed by atoms with Gasteiger partial charge in [0, 0.05) is 29.5 Å². The maximum atomic E-state index is 11.9. The van der Waals surface area contributed by atoms with Crippen molar-refractivity contribution >= 4 is 33.4 Å². The molecule has 0 aliphatic carbocycles. The number of hydrogen-bond donors (Lipinski definition) is 0. The lowest BCUT2D eigenvalue weighted by atomic mass is 10.2. The Morgan fingerprint density at radius 2 is 2.13 bits per heavy atom. The fraction of sp³-hybridized carbons (Fsp3) is 1.00. The van der Waals surface area contributed by atoms with Gasteiger partial charge in [-0.1, -0.05) is 0 Å². The molecule has 90 valence electrons. The van der Waals surface area contributed by atoms with Gasteiger partial charge in [0.1, 0.15) is 0 Å². The Labute approximate surface area is 102 Å². The maximum Gasteiger partial charge on any atom is 0.214 e. The summed E-state index contributed by atoms with van der Waals surface area (Å²) in [6.45, 7) is 5.42. The molecule has 0 aromatic heterocycles. The maximum absolute atomic E-state index is 11.9. The van der Waals surface area contributed by atoms with Crippen molar-refractivity contribution in [2.24, 2.45) is 0 Å². The third-order valence-corrected chi connectivity index (χ3v) is 5.79. The Balaban J connectivity index is 2.63. The van der Waals surface area contributed by atoms with Crippen molar-refractivity contribution in [1.29, 1.82) is 0 Å². The van der Waals surface area contributed by atoms with Gasteiger partial charge in [0.15, 0.2) is 0 Å². The number of nitrogens with zero attached hydrogens (tertiary/aromatic N) is 1. The molecule has 1 saturated heterocycles. The summed E-state index contributed by atoms with van der Waals surface area (Å²) in [7, 11) is -3.08. The predicted molar refractivity (Wildman–Crippen MR) is 67.2 cm³/mol. The molecule has 0 bridgehead atoms. The van der Waals surface area contributed by atoms with E-state index in [0.29, 0.717) is 25.4 Å². The van der Waals surface area contributed by atoms with Gasteiger partial charge in [0.25, 0.3) is 0 Å². The van der Waals surface area contributed by atoms with Gasteiger partial charge in [-0.15, -0.1) is 11.6 Å². The minimum atomic E-state index is -3.08. The van der Waals surface area contributed by atoms with E-state index in [1.807, 2.05) is 11.8 Å². The van der Waals surface area contributed by atoms with E-state index < -0.39 is 10.0 Å². The van der Waals surface area contributed by atoms with E-state index in [1.165, 1.54) is 0 Å². The van der Waals surface area contributed by atoms with E-state index >= 15 is 0 Å². The SMILES string of the molecule is CC1(C)CN(S(=O)(=O)CCCCl)CCS1. The molecule has 1 fully saturated rings. The normalized spacial score (nSPS) is 22.9. The molecule has 6 heteroatoms. The van der Waals surface area contributed by atoms with Crippen molar-refractivity contribution < 1.29 is 8.42 Å². The first-order chi connectivity index (χ1) is 6.87. The lowest BCUT2D eigenvalue weighted by Crippen LogP contribution is -2.46. The summed E-state index contributed by atoms with van der Waals surface area (Å²) in [5.41, 5.74) is 0. The van der Waals surface area contributed by atoms with Crippen LogP contribution in [0, 0.1) is 0 Å². The van der Waals surface area contributed by atoms with Crippen molar-refractivity contribution in [2.75, 3.05) is 30.5 Å². The monoisotopic (exact) mass is 271 g/mol. The summed E-state index contributed by atoms with van der Waals surface area (Å²) in [5.74, 6) is 1.47. The third-order valence-electron chi connectivity index (χ3n) is 2.32. The molecule has 1 aliphatic rings. The first-order valence-corrected chi connectivity index (χ1v) is 8.18. The van der Waals surface area contributed by atoms with Crippen molar-refractivity contribution in [3.63, 3.8) is 0 Å². The fourth-order valence-corrected chi connectivity index (χ4v) is 4.83. The van der Waals surface area contributed by atoms with Crippen LogP contribution in [-0.4, -0.2) is 47.9 Å². The molecule has 3 nitrogen and oxygen atoms in total. The van der Waals surface area contributed by atoms with Gasteiger partial charge in [-0.05, 0) is 20.3 Å². The number of alkyl halides is 1. The summed E-state index contributed by atoms with van der Waals surface area (Å²) in [4.78, 5) is 0. The van der Waals surface area contributed by atoms with Crippen LogP contribution >= 0.6 is 23.4 Å². The second-order valence-corrected chi connectivity index (χ2v) is 8.57. The Kier molecular flexibility index (Phi) is 4.77. The second kappa shape index (κ2) is 5.25. The van der Waals surface area contributed by atoms with E-state index in [9.17, 15) is 8.42 Å². The van der Waals surface area contributed by atoms with Gasteiger partial charge in [-0.3, -0.25) is 0 Å². The Morgan fingerprint density at radius 1 is 1.47 bits per heavy atom. The van der Waals surface area contributed by atoms with Crippen molar-refractivity contribution in [2.45, 2.75) is 25.0 Å². The van der Waals surface area contributed by atoms with E-state index in [-0.39, 0.29) is 10.5 Å². The Morgan fingerprint density at radius 3 is 2.67 bits per heavy atom. The van der Waals surface area contributed by atoms with E-state index in [2.05, 4.69) is 13.8 Å². The summed E-state index contributed by atoms with van der Waals surface area (Å²) >= 11 is 7.35. The van der Waals surface area contributed by atoms with Crippen LogP contribution in [0.3, 0.4) is 0 Å². The standard InChI is InChI=1S/C9H18ClNO2S2/c1-9(2)8-11(5-6-14-9)15(12,13)7-3-4-10/h3-8H2,1-2H3. The molecule has 1 aliphatic heterocycles. The summed E-state index contributed by atoms with van der Waals surface area (Å²) in [6.07, 6.45) is 0.536. The fourth-order valence-electron chi connectivity index (χ4n) is 1.58. The zero-order chi connectivity index (χ0) is 11.5. The van der Waals surface area contributed by atoms with Crippen molar-refractivity contribution in [1.82, 2.24) is 4.31 Å². The number of hydrogen-bond acceptors (Lipinski definition) is 3. The molecular formula is C9H18ClNO2S2. The van der Waals surface area contributed by atoms with Gasteiger partial charge in [0.2, 0.25) is 10.0 Å². The molecule has 0 atom stereocenters. The third kappa shape index (κ3) is 4.13. The van der Waals surface area contributed by atoms with Gasteiger partial charge in [0.05, 0.1) is 5.75 Å². The molecule has 0 radical (unpaired) electrons. The van der Waals surface area contributed by atoms with Crippen LogP contribution in [0.5, 0.6) is 0 Å². The highest BCUT2D eigenvalue weighted by Crippen LogP contribution is 2.30. The number of thioether (sulfide) groups is 1. The zero-order valence-electron chi connectivity index (χ0n) is 9.20. The van der Waals surface area contributed by atoms with Crippen LogP contribution in [0.1, 0.15) is 20.3 Å². The van der Waals surface area contributed by atoms with Crippen LogP contribution in [0.2, 0.25) is 0 Å². The molecule has 1 rings (SSSR count). The number of halogens is 1. The highest BCUT2D eigenvalue weighted by Gasteiger charge is 2.33. The van der Waals surface area contributed by atoms with Crippen LogP contribution in [0.4, 0.5) is 0 Å². The Bertz CT molecular complexity index is 303. The number of rotatable bonds is 4. The molecular weight excluding hydrogens is 254 g/mol. The molecule has 0 unspecified atom stereocenters. The highest BCUT2D eigenvalue weighted by atomic mass is 35.5. The first kappa shape index (κ1) is 13.6. The lowest BCUT2D eigenvalue weighted by Gasteiger charge is -2.36. The second-order valence-electron chi connectivity index (χ2n) is 4.30. The highest BCUT2D eigenvalue weighted by molar-refractivity contribution is 8.00. The number of sulfonamides is 1. The van der Waals surface area contributed by atoms with Gasteiger partial charge >= 0.3 is 0 Å². The smallest absolute Gasteiger partial charge is 0.212 e. The molecule has 0 saturated carbocycles. The zero-order valence-corrected chi connectivity index (χ0v) is 11.6. The quantitative estimate of drug-likeness (QED) is 0.732. The van der Waals surface area contributed by atoms with Crippen molar-refractivity contribution in [3.8, 4) is 0 Å². The van der Waals surface area contributed by atoms with Gasteiger partial charge < -0.3 is 0 Å². The van der Waals surface area contributed by atoms with Crippen LogP contribution in [0.15, 0.2) is 0 Å². The van der Waals surface area contributed by atoms with Gasteiger partial charge in [-0.2, -0.15) is 16.1 Å². The molecule has 0 amide bonds. The van der Waals surface area contributed by atoms with Gasteiger partial charge in [-0.25, -0.2) is 8.42 Å². The lowest BCUT2D eigenvalue weighted by molar-refractivity contribution is 0.387. The van der Waals surface area contributed by atoms with E-state index in [1.54, 1.807) is 4.31 Å². The van der Waals surface area contributed by atoms with Crippen LogP contribution in [-0.2, 0) is 10.0 Å². The Hall–Kier alpha value is 0.550. The van der Waals surface area contributed by atoms with E-state index in [4.69, 9.17) is 11.6 Å². The minimum absolute atomic E-state index is 0.0340. The van der Waals surface area contributed by atoms with E-state index in [0.717, 1.165) is 5.75 Å². The molecule has 1 heterocycles. The average Bonchev–Trinajstić information content (AvgIpc) is 2.13. The van der Waals surface area contributed by atoms with Crippen LogP contribution < -0.4 is 0 Å². The van der Waals surface area contributed by atoms with Crippen molar-refractivity contribution in [3.05, 3.63) is 0 Å². The minimum Gasteiger partial charge on any atom is -0.212 e. The summed E-state index contributed by atoms with van der Waals surface area (Å²) < 4.78 is 25.4. The average molecular weight is 272 g/mol. The largest absolute Gasteiger partial charge is 0.214 e. The predicted octanol–water partition coefficient (Wildman–Crippen LogP) is 1.77. The summed E-state index contributed by atoms with van der Waals surface area (Å²) in [5, 5.41) is 0. The first-order valence-electron chi connectivity index (χ1n) is 5.05.